The van der Waals surface area contributed by atoms with E-state index in [-0.39, 0.29) is 19.0 Å². The van der Waals surface area contributed by atoms with Crippen molar-refractivity contribution in [2.24, 2.45) is 0 Å². The average molecular weight is 224 g/mol. The van der Waals surface area contributed by atoms with Crippen molar-refractivity contribution in [3.63, 3.8) is 0 Å². The molecule has 0 aromatic heterocycles. The van der Waals surface area contributed by atoms with Gasteiger partial charge < -0.3 is 10.2 Å². The van der Waals surface area contributed by atoms with Gasteiger partial charge in [0.05, 0.1) is 6.54 Å². The molecule has 1 atom stereocenters. The van der Waals surface area contributed by atoms with Crippen molar-refractivity contribution in [3.05, 3.63) is 0 Å². The zero-order valence-electron chi connectivity index (χ0n) is 7.68. The molecule has 2 N–H and O–H groups in total. The highest BCUT2D eigenvalue weighted by Crippen LogP contribution is 2.16. The van der Waals surface area contributed by atoms with E-state index >= 15 is 0 Å². The first-order valence-corrected chi connectivity index (χ1v) is 4.30. The molecule has 1 heterocycles. The van der Waals surface area contributed by atoms with Gasteiger partial charge in [-0.3, -0.25) is 14.5 Å². The largest absolute Gasteiger partial charge is 0.480 e. The number of piperidine rings is 1. The maximum atomic E-state index is 10.7. The second-order valence-electron chi connectivity index (χ2n) is 3.21. The van der Waals surface area contributed by atoms with Crippen LogP contribution in [0.25, 0.3) is 0 Å². The van der Waals surface area contributed by atoms with Gasteiger partial charge in [-0.15, -0.1) is 12.4 Å². The van der Waals surface area contributed by atoms with Gasteiger partial charge in [0.15, 0.2) is 0 Å². The summed E-state index contributed by atoms with van der Waals surface area (Å²) in [7, 11) is 0. The number of carbonyl (C=O) groups is 2. The number of halogens is 1. The molecule has 6 heteroatoms. The Kier molecular flexibility index (Phi) is 5.49. The Labute approximate surface area is 88.1 Å². The number of likely N-dealkylation sites (tertiary alicyclic amines) is 1. The molecule has 82 valence electrons. The number of aliphatic carboxylic acids is 2. The van der Waals surface area contributed by atoms with Gasteiger partial charge in [0.25, 0.3) is 0 Å². The van der Waals surface area contributed by atoms with Gasteiger partial charge in [0.2, 0.25) is 0 Å². The fourth-order valence-corrected chi connectivity index (χ4v) is 1.63. The van der Waals surface area contributed by atoms with Gasteiger partial charge in [-0.2, -0.15) is 0 Å². The number of nitrogens with zero attached hydrogens (tertiary/aromatic N) is 1. The standard InChI is InChI=1S/C8H13NO4.ClH/c10-7(11)5-9-4-2-1-3-6(9)8(12)13;/h6H,1-5H2,(H,10,11)(H,12,13);1H. The van der Waals surface area contributed by atoms with Crippen LogP contribution < -0.4 is 0 Å². The van der Waals surface area contributed by atoms with E-state index < -0.39 is 18.0 Å². The maximum Gasteiger partial charge on any atom is 0.320 e. The summed E-state index contributed by atoms with van der Waals surface area (Å²) in [6, 6.07) is -0.607. The molecule has 1 unspecified atom stereocenters. The van der Waals surface area contributed by atoms with Gasteiger partial charge in [0.1, 0.15) is 6.04 Å². The van der Waals surface area contributed by atoms with Crippen molar-refractivity contribution >= 4 is 24.3 Å². The quantitative estimate of drug-likeness (QED) is 0.726. The van der Waals surface area contributed by atoms with Gasteiger partial charge in [-0.1, -0.05) is 6.42 Å². The number of hydrogen-bond donors (Lipinski definition) is 2. The number of carboxylic acid groups (broad SMARTS) is 2. The Hall–Kier alpha value is -0.810. The predicted molar refractivity (Wildman–Crippen MR) is 51.7 cm³/mol. The molecule has 1 rings (SSSR count). The van der Waals surface area contributed by atoms with Crippen molar-refractivity contribution in [2.75, 3.05) is 13.1 Å². The van der Waals surface area contributed by atoms with Crippen LogP contribution in [0.4, 0.5) is 0 Å². The Morgan fingerprint density at radius 1 is 1.29 bits per heavy atom. The summed E-state index contributed by atoms with van der Waals surface area (Å²) in [5, 5.41) is 17.3. The molecule has 0 aliphatic carbocycles. The minimum Gasteiger partial charge on any atom is -0.480 e. The zero-order valence-corrected chi connectivity index (χ0v) is 8.50. The summed E-state index contributed by atoms with van der Waals surface area (Å²) in [6.07, 6.45) is 2.31. The fraction of sp³-hybridized carbons (Fsp3) is 0.750. The summed E-state index contributed by atoms with van der Waals surface area (Å²) in [6.45, 7) is 0.403. The third kappa shape index (κ3) is 3.51. The van der Waals surface area contributed by atoms with E-state index in [2.05, 4.69) is 0 Å². The lowest BCUT2D eigenvalue weighted by atomic mass is 10.0. The molecule has 0 radical (unpaired) electrons. The molecule has 0 spiro atoms. The Morgan fingerprint density at radius 3 is 2.43 bits per heavy atom. The van der Waals surface area contributed by atoms with Crippen LogP contribution >= 0.6 is 12.4 Å². The highest BCUT2D eigenvalue weighted by atomic mass is 35.5. The molecule has 14 heavy (non-hydrogen) atoms. The van der Waals surface area contributed by atoms with Gasteiger partial charge in [-0.05, 0) is 19.4 Å². The van der Waals surface area contributed by atoms with E-state index in [4.69, 9.17) is 10.2 Å². The second kappa shape index (κ2) is 5.82. The molecule has 0 amide bonds. The predicted octanol–water partition coefficient (Wildman–Crippen LogP) is 0.432. The molecule has 1 fully saturated rings. The van der Waals surface area contributed by atoms with Gasteiger partial charge in [0, 0.05) is 0 Å². The van der Waals surface area contributed by atoms with E-state index in [1.807, 2.05) is 0 Å². The smallest absolute Gasteiger partial charge is 0.320 e. The molecule has 1 saturated heterocycles. The summed E-state index contributed by atoms with van der Waals surface area (Å²) in [5.74, 6) is -1.88. The normalized spacial score (nSPS) is 22.4. The van der Waals surface area contributed by atoms with Crippen molar-refractivity contribution in [1.29, 1.82) is 0 Å². The summed E-state index contributed by atoms with van der Waals surface area (Å²) < 4.78 is 0. The van der Waals surface area contributed by atoms with Crippen LogP contribution in [0.2, 0.25) is 0 Å². The molecule has 1 aliphatic rings. The van der Waals surface area contributed by atoms with E-state index in [0.717, 1.165) is 12.8 Å². The number of hydrogen-bond acceptors (Lipinski definition) is 3. The van der Waals surface area contributed by atoms with Crippen LogP contribution in [0.15, 0.2) is 0 Å². The molecule has 5 nitrogen and oxygen atoms in total. The van der Waals surface area contributed by atoms with E-state index in [0.29, 0.717) is 13.0 Å². The minimum atomic E-state index is -0.965. The molecular weight excluding hydrogens is 210 g/mol. The van der Waals surface area contributed by atoms with Crippen LogP contribution in [-0.2, 0) is 9.59 Å². The summed E-state index contributed by atoms with van der Waals surface area (Å²) >= 11 is 0. The third-order valence-corrected chi connectivity index (χ3v) is 2.24. The first kappa shape index (κ1) is 13.2. The van der Waals surface area contributed by atoms with Crippen LogP contribution in [0, 0.1) is 0 Å². The molecule has 1 aliphatic heterocycles. The Balaban J connectivity index is 0.00000169. The summed E-state index contributed by atoms with van der Waals surface area (Å²) in [4.78, 5) is 22.6. The fourth-order valence-electron chi connectivity index (χ4n) is 1.63. The van der Waals surface area contributed by atoms with Crippen LogP contribution in [0.3, 0.4) is 0 Å². The van der Waals surface area contributed by atoms with E-state index in [1.54, 1.807) is 0 Å². The Morgan fingerprint density at radius 2 is 1.93 bits per heavy atom. The highest BCUT2D eigenvalue weighted by molar-refractivity contribution is 5.85. The van der Waals surface area contributed by atoms with Crippen molar-refractivity contribution < 1.29 is 19.8 Å². The molecule has 0 aromatic rings. The lowest BCUT2D eigenvalue weighted by Crippen LogP contribution is -2.46. The molecule has 0 aromatic carbocycles. The zero-order chi connectivity index (χ0) is 9.84. The van der Waals surface area contributed by atoms with Crippen LogP contribution in [-0.4, -0.2) is 46.2 Å². The summed E-state index contributed by atoms with van der Waals surface area (Å²) in [5.41, 5.74) is 0. The van der Waals surface area contributed by atoms with Crippen molar-refractivity contribution in [1.82, 2.24) is 4.90 Å². The SMILES string of the molecule is Cl.O=C(O)CN1CCCCC1C(=O)O. The van der Waals surface area contributed by atoms with E-state index in [1.165, 1.54) is 4.90 Å². The average Bonchev–Trinajstić information content (AvgIpc) is 2.03. The lowest BCUT2D eigenvalue weighted by molar-refractivity contribution is -0.147. The van der Waals surface area contributed by atoms with Crippen molar-refractivity contribution in [3.8, 4) is 0 Å². The van der Waals surface area contributed by atoms with Crippen LogP contribution in [0.5, 0.6) is 0 Å². The van der Waals surface area contributed by atoms with Gasteiger partial charge >= 0.3 is 11.9 Å². The van der Waals surface area contributed by atoms with Gasteiger partial charge in [-0.25, -0.2) is 0 Å². The lowest BCUT2D eigenvalue weighted by Gasteiger charge is -2.31. The molecule has 0 saturated carbocycles. The third-order valence-electron chi connectivity index (χ3n) is 2.24. The van der Waals surface area contributed by atoms with Crippen LogP contribution in [0.1, 0.15) is 19.3 Å². The van der Waals surface area contributed by atoms with Crippen molar-refractivity contribution in [2.45, 2.75) is 25.3 Å². The molecular formula is C8H14ClNO4. The Bertz CT molecular complexity index is 221. The number of carboxylic acids is 2. The minimum absolute atomic E-state index is 0. The monoisotopic (exact) mass is 223 g/mol. The molecule has 0 bridgehead atoms. The topological polar surface area (TPSA) is 77.8 Å². The maximum absolute atomic E-state index is 10.7. The first-order valence-electron chi connectivity index (χ1n) is 4.30. The number of rotatable bonds is 3. The first-order chi connectivity index (χ1) is 6.11. The second-order valence-corrected chi connectivity index (χ2v) is 3.21. The van der Waals surface area contributed by atoms with E-state index in [9.17, 15) is 9.59 Å². The highest BCUT2D eigenvalue weighted by Gasteiger charge is 2.29.